The Bertz CT molecular complexity index is 483. The van der Waals surface area contributed by atoms with E-state index in [2.05, 4.69) is 16.1 Å². The zero-order valence-corrected chi connectivity index (χ0v) is 8.71. The van der Waals surface area contributed by atoms with Crippen LogP contribution in [-0.2, 0) is 13.0 Å². The predicted octanol–water partition coefficient (Wildman–Crippen LogP) is 0.864. The minimum absolute atomic E-state index is 0.124. The fraction of sp³-hybridized carbons (Fsp3) is 0.273. The van der Waals surface area contributed by atoms with E-state index in [1.807, 2.05) is 18.2 Å². The third-order valence-electron chi connectivity index (χ3n) is 2.66. The first kappa shape index (κ1) is 9.21. The van der Waals surface area contributed by atoms with Crippen molar-refractivity contribution in [3.05, 3.63) is 36.2 Å². The summed E-state index contributed by atoms with van der Waals surface area (Å²) >= 11 is 0. The third kappa shape index (κ3) is 1.60. The number of hydrogen-bond donors (Lipinski definition) is 1. The van der Waals surface area contributed by atoms with Crippen molar-refractivity contribution >= 4 is 5.95 Å². The summed E-state index contributed by atoms with van der Waals surface area (Å²) in [5.41, 5.74) is 6.70. The Morgan fingerprint density at radius 2 is 2.31 bits per heavy atom. The van der Waals surface area contributed by atoms with E-state index in [0.29, 0.717) is 12.5 Å². The van der Waals surface area contributed by atoms with E-state index in [-0.39, 0.29) is 6.10 Å². The van der Waals surface area contributed by atoms with Crippen molar-refractivity contribution in [2.75, 3.05) is 5.73 Å². The van der Waals surface area contributed by atoms with Crippen LogP contribution >= 0.6 is 0 Å². The molecule has 82 valence electrons. The SMILES string of the molecule is Nc1ncn(CC2Cc3ccccc3O2)n1. The molecule has 5 heteroatoms. The summed E-state index contributed by atoms with van der Waals surface area (Å²) in [4.78, 5) is 3.88. The molecular weight excluding hydrogens is 204 g/mol. The monoisotopic (exact) mass is 216 g/mol. The Labute approximate surface area is 92.9 Å². The number of nitrogen functional groups attached to an aromatic ring is 1. The number of aromatic nitrogens is 3. The van der Waals surface area contributed by atoms with Gasteiger partial charge in [0, 0.05) is 6.42 Å². The van der Waals surface area contributed by atoms with Crippen molar-refractivity contribution in [1.82, 2.24) is 14.8 Å². The van der Waals surface area contributed by atoms with Gasteiger partial charge in [-0.1, -0.05) is 18.2 Å². The summed E-state index contributed by atoms with van der Waals surface area (Å²) < 4.78 is 7.50. The smallest absolute Gasteiger partial charge is 0.239 e. The molecule has 1 aliphatic rings. The standard InChI is InChI=1S/C11H12N4O/c12-11-13-7-15(14-11)6-9-5-8-3-1-2-4-10(8)16-9/h1-4,7,9H,5-6H2,(H2,12,14). The Kier molecular flexibility index (Phi) is 2.02. The van der Waals surface area contributed by atoms with E-state index in [0.717, 1.165) is 12.2 Å². The van der Waals surface area contributed by atoms with E-state index in [1.165, 1.54) is 5.56 Å². The maximum Gasteiger partial charge on any atom is 0.239 e. The van der Waals surface area contributed by atoms with E-state index in [9.17, 15) is 0 Å². The number of para-hydroxylation sites is 1. The lowest BCUT2D eigenvalue weighted by Gasteiger charge is -2.09. The molecular formula is C11H12N4O. The van der Waals surface area contributed by atoms with Gasteiger partial charge in [-0.05, 0) is 11.6 Å². The molecule has 0 radical (unpaired) electrons. The summed E-state index contributed by atoms with van der Waals surface area (Å²) in [7, 11) is 0. The van der Waals surface area contributed by atoms with Gasteiger partial charge in [-0.2, -0.15) is 0 Å². The molecule has 2 heterocycles. The van der Waals surface area contributed by atoms with Crippen molar-refractivity contribution < 1.29 is 4.74 Å². The van der Waals surface area contributed by atoms with E-state index < -0.39 is 0 Å². The number of hydrogen-bond acceptors (Lipinski definition) is 4. The molecule has 0 spiro atoms. The van der Waals surface area contributed by atoms with Gasteiger partial charge >= 0.3 is 0 Å². The largest absolute Gasteiger partial charge is 0.488 e. The average Bonchev–Trinajstić information content (AvgIpc) is 2.84. The molecule has 2 N–H and O–H groups in total. The predicted molar refractivity (Wildman–Crippen MR) is 59.0 cm³/mol. The van der Waals surface area contributed by atoms with Gasteiger partial charge in [0.25, 0.3) is 0 Å². The summed E-state index contributed by atoms with van der Waals surface area (Å²) in [6, 6.07) is 8.09. The lowest BCUT2D eigenvalue weighted by molar-refractivity contribution is 0.203. The molecule has 0 bridgehead atoms. The van der Waals surface area contributed by atoms with Crippen LogP contribution in [-0.4, -0.2) is 20.9 Å². The second-order valence-corrected chi connectivity index (χ2v) is 3.88. The van der Waals surface area contributed by atoms with Crippen LogP contribution in [0.15, 0.2) is 30.6 Å². The zero-order chi connectivity index (χ0) is 11.0. The highest BCUT2D eigenvalue weighted by atomic mass is 16.5. The summed E-state index contributed by atoms with van der Waals surface area (Å²) in [6.07, 6.45) is 2.66. The molecule has 0 fully saturated rings. The topological polar surface area (TPSA) is 66.0 Å². The van der Waals surface area contributed by atoms with Crippen LogP contribution in [0.3, 0.4) is 0 Å². The van der Waals surface area contributed by atoms with Gasteiger partial charge in [0.2, 0.25) is 5.95 Å². The van der Waals surface area contributed by atoms with Crippen LogP contribution in [0.2, 0.25) is 0 Å². The molecule has 1 unspecified atom stereocenters. The molecule has 0 saturated heterocycles. The van der Waals surface area contributed by atoms with Gasteiger partial charge in [-0.15, -0.1) is 5.10 Å². The van der Waals surface area contributed by atoms with Gasteiger partial charge in [0.15, 0.2) is 0 Å². The highest BCUT2D eigenvalue weighted by Crippen LogP contribution is 2.28. The van der Waals surface area contributed by atoms with E-state index in [1.54, 1.807) is 11.0 Å². The number of ether oxygens (including phenoxy) is 1. The molecule has 1 aliphatic heterocycles. The van der Waals surface area contributed by atoms with Crippen molar-refractivity contribution in [2.24, 2.45) is 0 Å². The second-order valence-electron chi connectivity index (χ2n) is 3.88. The summed E-state index contributed by atoms with van der Waals surface area (Å²) in [5.74, 6) is 1.27. The molecule has 1 atom stereocenters. The fourth-order valence-electron chi connectivity index (χ4n) is 1.96. The minimum Gasteiger partial charge on any atom is -0.488 e. The second kappa shape index (κ2) is 3.52. The quantitative estimate of drug-likeness (QED) is 0.808. The molecule has 2 aromatic rings. The Balaban J connectivity index is 1.72. The van der Waals surface area contributed by atoms with Crippen molar-refractivity contribution in [2.45, 2.75) is 19.1 Å². The van der Waals surface area contributed by atoms with Gasteiger partial charge in [0.1, 0.15) is 18.2 Å². The summed E-state index contributed by atoms with van der Waals surface area (Å²) in [5, 5.41) is 4.04. The number of nitrogens with zero attached hydrogens (tertiary/aromatic N) is 3. The zero-order valence-electron chi connectivity index (χ0n) is 8.71. The van der Waals surface area contributed by atoms with Gasteiger partial charge in [-0.3, -0.25) is 0 Å². The maximum absolute atomic E-state index is 5.79. The lowest BCUT2D eigenvalue weighted by atomic mass is 10.1. The molecule has 1 aromatic heterocycles. The van der Waals surface area contributed by atoms with Gasteiger partial charge < -0.3 is 10.5 Å². The van der Waals surface area contributed by atoms with Crippen molar-refractivity contribution in [3.8, 4) is 5.75 Å². The first-order valence-corrected chi connectivity index (χ1v) is 5.21. The maximum atomic E-state index is 5.79. The lowest BCUT2D eigenvalue weighted by Crippen LogP contribution is -2.21. The van der Waals surface area contributed by atoms with Gasteiger partial charge in [-0.25, -0.2) is 9.67 Å². The molecule has 0 aliphatic carbocycles. The van der Waals surface area contributed by atoms with Crippen molar-refractivity contribution in [1.29, 1.82) is 0 Å². The van der Waals surface area contributed by atoms with Gasteiger partial charge in [0.05, 0.1) is 6.54 Å². The van der Waals surface area contributed by atoms with Crippen LogP contribution in [0.4, 0.5) is 5.95 Å². The number of benzene rings is 1. The van der Waals surface area contributed by atoms with Crippen LogP contribution in [0.5, 0.6) is 5.75 Å². The van der Waals surface area contributed by atoms with Crippen LogP contribution < -0.4 is 10.5 Å². The highest BCUT2D eigenvalue weighted by molar-refractivity contribution is 5.37. The molecule has 0 saturated carbocycles. The number of rotatable bonds is 2. The number of anilines is 1. The van der Waals surface area contributed by atoms with Crippen molar-refractivity contribution in [3.63, 3.8) is 0 Å². The first-order chi connectivity index (χ1) is 7.81. The average molecular weight is 216 g/mol. The molecule has 1 aromatic carbocycles. The molecule has 16 heavy (non-hydrogen) atoms. The fourth-order valence-corrected chi connectivity index (χ4v) is 1.96. The first-order valence-electron chi connectivity index (χ1n) is 5.21. The third-order valence-corrected chi connectivity index (χ3v) is 2.66. The van der Waals surface area contributed by atoms with E-state index >= 15 is 0 Å². The Morgan fingerprint density at radius 3 is 3.06 bits per heavy atom. The Morgan fingerprint density at radius 1 is 1.44 bits per heavy atom. The summed E-state index contributed by atoms with van der Waals surface area (Å²) in [6.45, 7) is 0.679. The molecule has 3 rings (SSSR count). The highest BCUT2D eigenvalue weighted by Gasteiger charge is 2.22. The van der Waals surface area contributed by atoms with Crippen LogP contribution in [0.1, 0.15) is 5.56 Å². The molecule has 0 amide bonds. The number of fused-ring (bicyclic) bond motifs is 1. The Hall–Kier alpha value is -2.04. The normalized spacial score (nSPS) is 18.1. The minimum atomic E-state index is 0.124. The molecule has 5 nitrogen and oxygen atoms in total. The van der Waals surface area contributed by atoms with Crippen LogP contribution in [0.25, 0.3) is 0 Å². The van der Waals surface area contributed by atoms with E-state index in [4.69, 9.17) is 10.5 Å². The number of nitrogens with two attached hydrogens (primary N) is 1. The van der Waals surface area contributed by atoms with Crippen LogP contribution in [0, 0.1) is 0 Å².